The molecule has 0 bridgehead atoms. The Labute approximate surface area is 92.8 Å². The Hall–Kier alpha value is -1.17. The summed E-state index contributed by atoms with van der Waals surface area (Å²) in [6.45, 7) is -2.64. The normalized spacial score (nSPS) is 11.3. The maximum atomic E-state index is 12.4. The zero-order valence-corrected chi connectivity index (χ0v) is 9.33. The summed E-state index contributed by atoms with van der Waals surface area (Å²) in [5.41, 5.74) is 0.431. The van der Waals surface area contributed by atoms with Crippen LogP contribution in [0.15, 0.2) is 22.8 Å². The molecule has 0 aliphatic rings. The van der Waals surface area contributed by atoms with Crippen LogP contribution in [0, 0.1) is 0 Å². The van der Waals surface area contributed by atoms with Crippen molar-refractivity contribution in [2.24, 2.45) is 0 Å². The van der Waals surface area contributed by atoms with Crippen molar-refractivity contribution in [1.29, 1.82) is 0 Å². The standard InChI is InChI=1S/C9H7BrF2N2O/c1-15-7-3-6(10)2-5-4-14(9(11)12)13-8(5)7/h2-4,9H,1H3. The predicted octanol–water partition coefficient (Wildman–Crippen LogP) is 3.20. The average molecular weight is 277 g/mol. The smallest absolute Gasteiger partial charge is 0.333 e. The molecule has 0 fully saturated rings. The van der Waals surface area contributed by atoms with Gasteiger partial charge in [0, 0.05) is 16.1 Å². The molecule has 0 saturated carbocycles. The first kappa shape index (κ1) is 10.4. The monoisotopic (exact) mass is 276 g/mol. The molecular formula is C9H7BrF2N2O. The van der Waals surface area contributed by atoms with Crippen LogP contribution >= 0.6 is 15.9 Å². The van der Waals surface area contributed by atoms with Crippen LogP contribution in [0.25, 0.3) is 10.9 Å². The van der Waals surface area contributed by atoms with E-state index in [2.05, 4.69) is 21.0 Å². The topological polar surface area (TPSA) is 27.1 Å². The number of halogens is 3. The number of nitrogens with zero attached hydrogens (tertiary/aromatic N) is 2. The number of alkyl halides is 2. The van der Waals surface area contributed by atoms with Crippen LogP contribution in [0.1, 0.15) is 6.55 Å². The number of ether oxygens (including phenoxy) is 1. The predicted molar refractivity (Wildman–Crippen MR) is 55.2 cm³/mol. The van der Waals surface area contributed by atoms with Gasteiger partial charge in [-0.25, -0.2) is 4.68 Å². The van der Waals surface area contributed by atoms with Crippen LogP contribution < -0.4 is 4.74 Å². The summed E-state index contributed by atoms with van der Waals surface area (Å²) in [6, 6.07) is 3.40. The first-order valence-corrected chi connectivity index (χ1v) is 4.91. The van der Waals surface area contributed by atoms with Gasteiger partial charge in [0.2, 0.25) is 0 Å². The molecule has 0 radical (unpaired) electrons. The van der Waals surface area contributed by atoms with E-state index in [0.717, 1.165) is 4.47 Å². The molecule has 0 spiro atoms. The summed E-state index contributed by atoms with van der Waals surface area (Å²) in [7, 11) is 1.47. The first-order chi connectivity index (χ1) is 7.11. The Morgan fingerprint density at radius 3 is 2.80 bits per heavy atom. The minimum absolute atomic E-state index is 0.431. The molecule has 0 aliphatic heterocycles. The third-order valence-corrected chi connectivity index (χ3v) is 2.43. The number of hydrogen-bond acceptors (Lipinski definition) is 2. The molecule has 0 atom stereocenters. The molecule has 15 heavy (non-hydrogen) atoms. The molecule has 80 valence electrons. The fourth-order valence-corrected chi connectivity index (χ4v) is 1.80. The summed E-state index contributed by atoms with van der Waals surface area (Å²) in [6.07, 6.45) is 1.28. The van der Waals surface area contributed by atoms with Gasteiger partial charge in [0.15, 0.2) is 0 Å². The van der Waals surface area contributed by atoms with Gasteiger partial charge in [0.05, 0.1) is 7.11 Å². The van der Waals surface area contributed by atoms with Gasteiger partial charge in [0.1, 0.15) is 11.3 Å². The van der Waals surface area contributed by atoms with Crippen LogP contribution in [0.5, 0.6) is 5.75 Å². The van der Waals surface area contributed by atoms with Gasteiger partial charge in [-0.05, 0) is 12.1 Å². The molecule has 1 aromatic carbocycles. The van der Waals surface area contributed by atoms with Crippen LogP contribution in [-0.2, 0) is 0 Å². The second kappa shape index (κ2) is 3.77. The first-order valence-electron chi connectivity index (χ1n) is 4.12. The number of hydrogen-bond donors (Lipinski definition) is 0. The largest absolute Gasteiger partial charge is 0.494 e. The lowest BCUT2D eigenvalue weighted by molar-refractivity contribution is 0.0573. The van der Waals surface area contributed by atoms with Gasteiger partial charge >= 0.3 is 6.55 Å². The van der Waals surface area contributed by atoms with Crippen molar-refractivity contribution in [3.8, 4) is 5.75 Å². The van der Waals surface area contributed by atoms with Crippen molar-refractivity contribution in [1.82, 2.24) is 9.78 Å². The van der Waals surface area contributed by atoms with Crippen molar-refractivity contribution >= 4 is 26.8 Å². The Morgan fingerprint density at radius 2 is 2.20 bits per heavy atom. The van der Waals surface area contributed by atoms with Crippen molar-refractivity contribution in [3.05, 3.63) is 22.8 Å². The number of rotatable bonds is 2. The van der Waals surface area contributed by atoms with Crippen molar-refractivity contribution in [3.63, 3.8) is 0 Å². The van der Waals surface area contributed by atoms with E-state index in [-0.39, 0.29) is 0 Å². The van der Waals surface area contributed by atoms with E-state index in [1.807, 2.05) is 0 Å². The highest BCUT2D eigenvalue weighted by atomic mass is 79.9. The van der Waals surface area contributed by atoms with E-state index in [0.29, 0.717) is 21.3 Å². The van der Waals surface area contributed by atoms with Gasteiger partial charge in [-0.3, -0.25) is 0 Å². The van der Waals surface area contributed by atoms with Gasteiger partial charge in [-0.2, -0.15) is 13.9 Å². The minimum atomic E-state index is -2.64. The summed E-state index contributed by atoms with van der Waals surface area (Å²) in [5, 5.41) is 4.36. The molecule has 2 rings (SSSR count). The zero-order valence-electron chi connectivity index (χ0n) is 7.75. The second-order valence-electron chi connectivity index (χ2n) is 2.93. The molecule has 3 nitrogen and oxygen atoms in total. The van der Waals surface area contributed by atoms with Gasteiger partial charge in [-0.15, -0.1) is 0 Å². The second-order valence-corrected chi connectivity index (χ2v) is 3.85. The highest BCUT2D eigenvalue weighted by molar-refractivity contribution is 9.10. The molecule has 0 N–H and O–H groups in total. The van der Waals surface area contributed by atoms with E-state index in [4.69, 9.17) is 4.74 Å². The third kappa shape index (κ3) is 1.81. The summed E-state index contributed by atoms with van der Waals surface area (Å²) < 4.78 is 31.2. The number of methoxy groups -OCH3 is 1. The molecule has 0 amide bonds. The summed E-state index contributed by atoms with van der Waals surface area (Å²) in [5.74, 6) is 0.471. The maximum Gasteiger partial charge on any atom is 0.333 e. The van der Waals surface area contributed by atoms with Crippen LogP contribution in [0.2, 0.25) is 0 Å². The highest BCUT2D eigenvalue weighted by Crippen LogP contribution is 2.29. The lowest BCUT2D eigenvalue weighted by Crippen LogP contribution is -1.97. The lowest BCUT2D eigenvalue weighted by atomic mass is 10.2. The van der Waals surface area contributed by atoms with Crippen molar-refractivity contribution in [2.45, 2.75) is 6.55 Å². The Kier molecular flexibility index (Phi) is 2.60. The van der Waals surface area contributed by atoms with Crippen LogP contribution in [0.4, 0.5) is 8.78 Å². The maximum absolute atomic E-state index is 12.4. The van der Waals surface area contributed by atoms with Gasteiger partial charge in [0.25, 0.3) is 0 Å². The van der Waals surface area contributed by atoms with Crippen molar-refractivity contribution in [2.75, 3.05) is 7.11 Å². The molecular weight excluding hydrogens is 270 g/mol. The molecule has 1 aromatic heterocycles. The molecule has 1 heterocycles. The van der Waals surface area contributed by atoms with Crippen molar-refractivity contribution < 1.29 is 13.5 Å². The summed E-state index contributed by atoms with van der Waals surface area (Å²) in [4.78, 5) is 0. The highest BCUT2D eigenvalue weighted by Gasteiger charge is 2.12. The molecule has 0 unspecified atom stereocenters. The lowest BCUT2D eigenvalue weighted by Gasteiger charge is -2.00. The minimum Gasteiger partial charge on any atom is -0.494 e. The average Bonchev–Trinajstić information content (AvgIpc) is 2.59. The van der Waals surface area contributed by atoms with E-state index in [9.17, 15) is 8.78 Å². The van der Waals surface area contributed by atoms with Crippen LogP contribution in [0.3, 0.4) is 0 Å². The van der Waals surface area contributed by atoms with E-state index >= 15 is 0 Å². The SMILES string of the molecule is COc1cc(Br)cc2cn(C(F)F)nc12. The fraction of sp³-hybridized carbons (Fsp3) is 0.222. The Morgan fingerprint density at radius 1 is 1.47 bits per heavy atom. The zero-order chi connectivity index (χ0) is 11.0. The molecule has 0 aliphatic carbocycles. The van der Waals surface area contributed by atoms with E-state index < -0.39 is 6.55 Å². The van der Waals surface area contributed by atoms with Gasteiger partial charge in [-0.1, -0.05) is 15.9 Å². The quantitative estimate of drug-likeness (QED) is 0.842. The number of fused-ring (bicyclic) bond motifs is 1. The molecule has 0 saturated heterocycles. The Balaban J connectivity index is 2.68. The number of benzene rings is 1. The Bertz CT molecular complexity index is 498. The number of aromatic nitrogens is 2. The fourth-order valence-electron chi connectivity index (χ4n) is 1.34. The van der Waals surface area contributed by atoms with E-state index in [1.54, 1.807) is 12.1 Å². The van der Waals surface area contributed by atoms with Crippen LogP contribution in [-0.4, -0.2) is 16.9 Å². The summed E-state index contributed by atoms with van der Waals surface area (Å²) >= 11 is 3.27. The van der Waals surface area contributed by atoms with E-state index in [1.165, 1.54) is 13.3 Å². The third-order valence-electron chi connectivity index (χ3n) is 1.98. The van der Waals surface area contributed by atoms with Gasteiger partial charge < -0.3 is 4.74 Å². The molecule has 2 aromatic rings. The molecule has 6 heteroatoms.